The molecular formula is C22H20N4O2. The second-order valence-corrected chi connectivity index (χ2v) is 6.77. The molecule has 0 saturated carbocycles. The van der Waals surface area contributed by atoms with Crippen LogP contribution in [0, 0.1) is 0 Å². The van der Waals surface area contributed by atoms with Gasteiger partial charge in [0.15, 0.2) is 0 Å². The first kappa shape index (κ1) is 16.8. The summed E-state index contributed by atoms with van der Waals surface area (Å²) in [6.45, 7) is 1.97. The van der Waals surface area contributed by atoms with Gasteiger partial charge in [0.25, 0.3) is 0 Å². The number of nitrogens with one attached hydrogen (secondary N) is 1. The zero-order chi connectivity index (χ0) is 18.8. The smallest absolute Gasteiger partial charge is 0.247 e. The lowest BCUT2D eigenvalue weighted by Gasteiger charge is -2.14. The van der Waals surface area contributed by atoms with Gasteiger partial charge in [-0.25, -0.2) is 4.98 Å². The molecule has 6 heteroatoms. The summed E-state index contributed by atoms with van der Waals surface area (Å²) >= 11 is 0. The van der Waals surface area contributed by atoms with E-state index in [-0.39, 0.29) is 0 Å². The average molecular weight is 372 g/mol. The molecule has 1 fully saturated rings. The molecule has 1 N–H and O–H groups in total. The second kappa shape index (κ2) is 7.32. The van der Waals surface area contributed by atoms with Gasteiger partial charge in [-0.1, -0.05) is 18.2 Å². The summed E-state index contributed by atoms with van der Waals surface area (Å²) in [5.74, 6) is 2.83. The van der Waals surface area contributed by atoms with Crippen LogP contribution in [0.4, 0.5) is 0 Å². The molecule has 4 aromatic rings. The molecule has 140 valence electrons. The van der Waals surface area contributed by atoms with Crippen molar-refractivity contribution in [3.8, 4) is 23.1 Å². The molecule has 6 nitrogen and oxygen atoms in total. The average Bonchev–Trinajstić information content (AvgIpc) is 3.40. The highest BCUT2D eigenvalue weighted by Crippen LogP contribution is 2.32. The first-order valence-corrected chi connectivity index (χ1v) is 9.40. The van der Waals surface area contributed by atoms with E-state index in [1.165, 1.54) is 0 Å². The van der Waals surface area contributed by atoms with Crippen LogP contribution >= 0.6 is 0 Å². The Balaban J connectivity index is 1.40. The number of benzene rings is 2. The topological polar surface area (TPSA) is 61.2 Å². The maximum atomic E-state index is 6.11. The molecule has 0 aliphatic carbocycles. The van der Waals surface area contributed by atoms with Crippen LogP contribution < -0.4 is 14.8 Å². The van der Waals surface area contributed by atoms with E-state index in [1.807, 2.05) is 60.7 Å². The van der Waals surface area contributed by atoms with Gasteiger partial charge in [-0.15, -0.1) is 0 Å². The number of rotatable bonds is 5. The van der Waals surface area contributed by atoms with Crippen LogP contribution in [0.15, 0.2) is 73.2 Å². The first-order valence-electron chi connectivity index (χ1n) is 9.40. The molecule has 2 aromatic carbocycles. The molecule has 0 amide bonds. The standard InChI is InChI=1S/C22H20N4O2/c1-2-4-17(5-3-1)27-18-6-8-19(9-7-18)28-22-21-20(24-15-25-22)11-13-26(21)16-10-12-23-14-16/h1-9,11,13,15-16,23H,10,12,14H2/t16-/m1/s1. The van der Waals surface area contributed by atoms with E-state index in [1.54, 1.807) is 6.33 Å². The Morgan fingerprint density at radius 2 is 1.61 bits per heavy atom. The first-order chi connectivity index (χ1) is 13.9. The van der Waals surface area contributed by atoms with Gasteiger partial charge < -0.3 is 19.4 Å². The molecule has 3 heterocycles. The third-order valence-corrected chi connectivity index (χ3v) is 4.91. The maximum absolute atomic E-state index is 6.11. The number of para-hydroxylation sites is 1. The van der Waals surface area contributed by atoms with Crippen molar-refractivity contribution in [1.29, 1.82) is 0 Å². The Hall–Kier alpha value is -3.38. The summed E-state index contributed by atoms with van der Waals surface area (Å²) in [6, 6.07) is 19.7. The molecule has 1 aliphatic rings. The predicted molar refractivity (Wildman–Crippen MR) is 107 cm³/mol. The summed E-state index contributed by atoms with van der Waals surface area (Å²) in [5, 5.41) is 3.40. The minimum absolute atomic E-state index is 0.396. The van der Waals surface area contributed by atoms with Gasteiger partial charge in [0, 0.05) is 18.8 Å². The van der Waals surface area contributed by atoms with Crippen molar-refractivity contribution in [2.75, 3.05) is 13.1 Å². The number of nitrogens with zero attached hydrogens (tertiary/aromatic N) is 3. The summed E-state index contributed by atoms with van der Waals surface area (Å²) in [5.41, 5.74) is 1.82. The Kier molecular flexibility index (Phi) is 4.39. The molecular weight excluding hydrogens is 352 g/mol. The highest BCUT2D eigenvalue weighted by molar-refractivity contribution is 5.81. The van der Waals surface area contributed by atoms with Crippen molar-refractivity contribution in [1.82, 2.24) is 19.9 Å². The van der Waals surface area contributed by atoms with Crippen molar-refractivity contribution in [3.63, 3.8) is 0 Å². The minimum Gasteiger partial charge on any atom is -0.457 e. The van der Waals surface area contributed by atoms with E-state index in [2.05, 4.69) is 26.0 Å². The van der Waals surface area contributed by atoms with Gasteiger partial charge in [0.05, 0.1) is 5.52 Å². The maximum Gasteiger partial charge on any atom is 0.247 e. The van der Waals surface area contributed by atoms with Crippen LogP contribution in [0.3, 0.4) is 0 Å². The number of fused-ring (bicyclic) bond motifs is 1. The van der Waals surface area contributed by atoms with Gasteiger partial charge in [-0.3, -0.25) is 0 Å². The number of ether oxygens (including phenoxy) is 2. The molecule has 0 unspecified atom stereocenters. The number of hydrogen-bond acceptors (Lipinski definition) is 5. The van der Waals surface area contributed by atoms with E-state index in [0.717, 1.165) is 42.0 Å². The Morgan fingerprint density at radius 3 is 2.36 bits per heavy atom. The van der Waals surface area contributed by atoms with Crippen molar-refractivity contribution in [2.24, 2.45) is 0 Å². The highest BCUT2D eigenvalue weighted by Gasteiger charge is 2.21. The third-order valence-electron chi connectivity index (χ3n) is 4.91. The summed E-state index contributed by atoms with van der Waals surface area (Å²) in [7, 11) is 0. The summed E-state index contributed by atoms with van der Waals surface area (Å²) in [4.78, 5) is 8.77. The number of hydrogen-bond donors (Lipinski definition) is 1. The number of aromatic nitrogens is 3. The van der Waals surface area contributed by atoms with Crippen molar-refractivity contribution in [3.05, 3.63) is 73.2 Å². The fourth-order valence-electron chi connectivity index (χ4n) is 3.53. The second-order valence-electron chi connectivity index (χ2n) is 6.77. The monoisotopic (exact) mass is 372 g/mol. The molecule has 0 radical (unpaired) electrons. The lowest BCUT2D eigenvalue weighted by molar-refractivity contribution is 0.454. The van der Waals surface area contributed by atoms with E-state index < -0.39 is 0 Å². The Morgan fingerprint density at radius 1 is 0.857 bits per heavy atom. The van der Waals surface area contributed by atoms with Gasteiger partial charge in [0.1, 0.15) is 29.1 Å². The van der Waals surface area contributed by atoms with Gasteiger partial charge in [0.2, 0.25) is 5.88 Å². The van der Waals surface area contributed by atoms with Crippen LogP contribution in [0.1, 0.15) is 12.5 Å². The van der Waals surface area contributed by atoms with E-state index in [9.17, 15) is 0 Å². The van der Waals surface area contributed by atoms with Gasteiger partial charge in [-0.2, -0.15) is 4.98 Å². The third kappa shape index (κ3) is 3.30. The van der Waals surface area contributed by atoms with Gasteiger partial charge in [-0.05, 0) is 55.4 Å². The molecule has 0 bridgehead atoms. The van der Waals surface area contributed by atoms with Crippen molar-refractivity contribution in [2.45, 2.75) is 12.5 Å². The fourth-order valence-corrected chi connectivity index (χ4v) is 3.53. The normalized spacial score (nSPS) is 16.4. The minimum atomic E-state index is 0.396. The SMILES string of the molecule is c1ccc(Oc2ccc(Oc3ncnc4ccn([C@@H]5CCNC5)c34)cc2)cc1. The largest absolute Gasteiger partial charge is 0.457 e. The molecule has 2 aromatic heterocycles. The van der Waals surface area contributed by atoms with Crippen LogP contribution in [-0.2, 0) is 0 Å². The lowest BCUT2D eigenvalue weighted by atomic mass is 10.2. The fraction of sp³-hybridized carbons (Fsp3) is 0.182. The predicted octanol–water partition coefficient (Wildman–Crippen LogP) is 4.55. The van der Waals surface area contributed by atoms with E-state index >= 15 is 0 Å². The molecule has 1 aliphatic heterocycles. The Labute approximate surface area is 162 Å². The molecule has 5 rings (SSSR count). The van der Waals surface area contributed by atoms with Crippen LogP contribution in [0.5, 0.6) is 23.1 Å². The zero-order valence-electron chi connectivity index (χ0n) is 15.3. The van der Waals surface area contributed by atoms with Crippen LogP contribution in [0.25, 0.3) is 11.0 Å². The van der Waals surface area contributed by atoms with Crippen molar-refractivity contribution >= 4 is 11.0 Å². The quantitative estimate of drug-likeness (QED) is 0.557. The van der Waals surface area contributed by atoms with Crippen LogP contribution in [-0.4, -0.2) is 27.6 Å². The Bertz CT molecular complexity index is 1070. The summed E-state index contributed by atoms with van der Waals surface area (Å²) < 4.78 is 14.2. The molecule has 1 saturated heterocycles. The lowest BCUT2D eigenvalue weighted by Crippen LogP contribution is -2.13. The van der Waals surface area contributed by atoms with Gasteiger partial charge >= 0.3 is 0 Å². The zero-order valence-corrected chi connectivity index (χ0v) is 15.3. The highest BCUT2D eigenvalue weighted by atomic mass is 16.5. The molecule has 28 heavy (non-hydrogen) atoms. The van der Waals surface area contributed by atoms with Crippen molar-refractivity contribution < 1.29 is 9.47 Å². The van der Waals surface area contributed by atoms with E-state index in [4.69, 9.17) is 9.47 Å². The van der Waals surface area contributed by atoms with Crippen LogP contribution in [0.2, 0.25) is 0 Å². The summed E-state index contributed by atoms with van der Waals surface area (Å²) in [6.07, 6.45) is 4.70. The molecule has 0 spiro atoms. The van der Waals surface area contributed by atoms with E-state index in [0.29, 0.717) is 17.7 Å². The molecule has 1 atom stereocenters.